The van der Waals surface area contributed by atoms with Gasteiger partial charge in [-0.25, -0.2) is 4.99 Å². The van der Waals surface area contributed by atoms with Crippen molar-refractivity contribution < 1.29 is 0 Å². The molecule has 0 radical (unpaired) electrons. The minimum atomic E-state index is 0. The molecule has 0 saturated carbocycles. The lowest BCUT2D eigenvalue weighted by Gasteiger charge is -2.17. The lowest BCUT2D eigenvalue weighted by molar-refractivity contribution is 0.546. The van der Waals surface area contributed by atoms with Crippen LogP contribution in [0.2, 0.25) is 0 Å². The van der Waals surface area contributed by atoms with Crippen molar-refractivity contribution in [3.63, 3.8) is 0 Å². The molecule has 2 heterocycles. The Balaban J connectivity index is 0.00000264. The van der Waals surface area contributed by atoms with E-state index >= 15 is 0 Å². The van der Waals surface area contributed by atoms with E-state index in [1.54, 1.807) is 0 Å². The highest BCUT2D eigenvalue weighted by atomic mass is 127. The highest BCUT2D eigenvalue weighted by molar-refractivity contribution is 14.0. The number of unbranched alkanes of at least 4 members (excludes halogenated alkanes) is 2. The minimum absolute atomic E-state index is 0. The number of aryl methyl sites for hydroxylation is 1. The fraction of sp³-hybridized carbons (Fsp3) is 0.812. The zero-order valence-corrected chi connectivity index (χ0v) is 17.0. The van der Waals surface area contributed by atoms with Crippen molar-refractivity contribution in [3.8, 4) is 0 Å². The van der Waals surface area contributed by atoms with Gasteiger partial charge >= 0.3 is 0 Å². The summed E-state index contributed by atoms with van der Waals surface area (Å²) in [4.78, 5) is 4.67. The van der Waals surface area contributed by atoms with Crippen LogP contribution in [0.4, 0.5) is 0 Å². The van der Waals surface area contributed by atoms with Gasteiger partial charge in [-0.2, -0.15) is 0 Å². The maximum atomic E-state index is 4.67. The fourth-order valence-corrected chi connectivity index (χ4v) is 2.80. The Bertz CT molecular complexity index is 485. The number of fused-ring (bicyclic) bond motifs is 1. The molecule has 0 aliphatic carbocycles. The number of nitrogens with zero attached hydrogens (tertiary/aromatic N) is 4. The maximum Gasteiger partial charge on any atom is 0.191 e. The quantitative estimate of drug-likeness (QED) is 0.286. The standard InChI is InChI=1S/C16H30N6.HI/c1-4-6-7-9-13(3)19-16(17-5-2)18-12-15-21-20-14-10-8-11-22(14)15;/h13H,4-12H2,1-3H3,(H2,17,18,19);1H. The molecule has 23 heavy (non-hydrogen) atoms. The first-order chi connectivity index (χ1) is 10.7. The van der Waals surface area contributed by atoms with Gasteiger partial charge in [0.15, 0.2) is 11.8 Å². The molecule has 2 rings (SSSR count). The highest BCUT2D eigenvalue weighted by Gasteiger charge is 2.16. The molecular weight excluding hydrogens is 403 g/mol. The molecule has 1 aliphatic heterocycles. The lowest BCUT2D eigenvalue weighted by Crippen LogP contribution is -2.42. The number of hydrogen-bond donors (Lipinski definition) is 2. The summed E-state index contributed by atoms with van der Waals surface area (Å²) >= 11 is 0. The van der Waals surface area contributed by atoms with Gasteiger partial charge in [-0.1, -0.05) is 26.2 Å². The van der Waals surface area contributed by atoms with Gasteiger partial charge in [0.2, 0.25) is 0 Å². The molecule has 7 heteroatoms. The van der Waals surface area contributed by atoms with Gasteiger partial charge in [-0.05, 0) is 26.7 Å². The van der Waals surface area contributed by atoms with Crippen LogP contribution >= 0.6 is 24.0 Å². The molecule has 0 fully saturated rings. The Hall–Kier alpha value is -0.860. The topological polar surface area (TPSA) is 67.1 Å². The van der Waals surface area contributed by atoms with E-state index < -0.39 is 0 Å². The lowest BCUT2D eigenvalue weighted by atomic mass is 10.1. The van der Waals surface area contributed by atoms with Gasteiger partial charge in [0.1, 0.15) is 12.4 Å². The number of halogens is 1. The third-order valence-electron chi connectivity index (χ3n) is 4.03. The Morgan fingerprint density at radius 2 is 2.13 bits per heavy atom. The first-order valence-corrected chi connectivity index (χ1v) is 8.70. The first-order valence-electron chi connectivity index (χ1n) is 8.70. The summed E-state index contributed by atoms with van der Waals surface area (Å²) in [6.45, 7) is 9.03. The molecule has 1 aromatic rings. The molecule has 0 spiro atoms. The molecule has 1 aromatic heterocycles. The van der Waals surface area contributed by atoms with Crippen LogP contribution in [-0.4, -0.2) is 33.3 Å². The Kier molecular flexibility index (Phi) is 9.50. The second-order valence-corrected chi connectivity index (χ2v) is 6.02. The largest absolute Gasteiger partial charge is 0.357 e. The molecule has 1 unspecified atom stereocenters. The van der Waals surface area contributed by atoms with Gasteiger partial charge in [-0.15, -0.1) is 34.2 Å². The predicted molar refractivity (Wildman–Crippen MR) is 105 cm³/mol. The average Bonchev–Trinajstić information content (AvgIpc) is 3.09. The van der Waals surface area contributed by atoms with Crippen molar-refractivity contribution in [2.24, 2.45) is 4.99 Å². The molecule has 0 bridgehead atoms. The Morgan fingerprint density at radius 3 is 2.87 bits per heavy atom. The number of nitrogens with one attached hydrogen (secondary N) is 2. The maximum absolute atomic E-state index is 4.67. The van der Waals surface area contributed by atoms with Crippen LogP contribution in [-0.2, 0) is 19.5 Å². The molecule has 6 nitrogen and oxygen atoms in total. The van der Waals surface area contributed by atoms with Gasteiger partial charge < -0.3 is 15.2 Å². The summed E-state index contributed by atoms with van der Waals surface area (Å²) in [6.07, 6.45) is 7.22. The summed E-state index contributed by atoms with van der Waals surface area (Å²) in [7, 11) is 0. The SMILES string of the molecule is CCCCCC(C)NC(=NCc1nnc2n1CCC2)NCC.I. The van der Waals surface area contributed by atoms with Crippen LogP contribution in [0.25, 0.3) is 0 Å². The summed E-state index contributed by atoms with van der Waals surface area (Å²) < 4.78 is 2.21. The van der Waals surface area contributed by atoms with E-state index in [-0.39, 0.29) is 24.0 Å². The van der Waals surface area contributed by atoms with Gasteiger partial charge in [0, 0.05) is 25.6 Å². The van der Waals surface area contributed by atoms with E-state index in [1.165, 1.54) is 32.1 Å². The molecular formula is C16H31IN6. The van der Waals surface area contributed by atoms with Gasteiger partial charge in [0.05, 0.1) is 0 Å². The van der Waals surface area contributed by atoms with Crippen molar-refractivity contribution in [3.05, 3.63) is 11.6 Å². The monoisotopic (exact) mass is 434 g/mol. The van der Waals surface area contributed by atoms with E-state index in [0.717, 1.165) is 37.1 Å². The Morgan fingerprint density at radius 1 is 1.30 bits per heavy atom. The normalized spacial score (nSPS) is 15.0. The second-order valence-electron chi connectivity index (χ2n) is 6.02. The Labute approximate surface area is 157 Å². The van der Waals surface area contributed by atoms with Crippen molar-refractivity contribution in [1.29, 1.82) is 0 Å². The summed E-state index contributed by atoms with van der Waals surface area (Å²) in [5, 5.41) is 15.3. The van der Waals surface area contributed by atoms with Crippen LogP contribution in [0.1, 0.15) is 64.5 Å². The zero-order chi connectivity index (χ0) is 15.8. The number of aliphatic imine (C=N–C) groups is 1. The molecule has 1 aliphatic rings. The van der Waals surface area contributed by atoms with E-state index in [0.29, 0.717) is 12.6 Å². The number of rotatable bonds is 8. The van der Waals surface area contributed by atoms with Crippen LogP contribution in [0, 0.1) is 0 Å². The van der Waals surface area contributed by atoms with E-state index in [9.17, 15) is 0 Å². The average molecular weight is 434 g/mol. The van der Waals surface area contributed by atoms with Gasteiger partial charge in [0.25, 0.3) is 0 Å². The van der Waals surface area contributed by atoms with E-state index in [4.69, 9.17) is 0 Å². The first kappa shape index (κ1) is 20.2. The molecule has 0 saturated heterocycles. The van der Waals surface area contributed by atoms with E-state index in [1.807, 2.05) is 0 Å². The van der Waals surface area contributed by atoms with Crippen LogP contribution in [0.3, 0.4) is 0 Å². The van der Waals surface area contributed by atoms with Crippen molar-refractivity contribution in [1.82, 2.24) is 25.4 Å². The van der Waals surface area contributed by atoms with Crippen LogP contribution < -0.4 is 10.6 Å². The number of aromatic nitrogens is 3. The molecule has 0 aromatic carbocycles. The van der Waals surface area contributed by atoms with Gasteiger partial charge in [-0.3, -0.25) is 0 Å². The fourth-order valence-electron chi connectivity index (χ4n) is 2.80. The third kappa shape index (κ3) is 6.27. The van der Waals surface area contributed by atoms with Crippen LogP contribution in [0.15, 0.2) is 4.99 Å². The van der Waals surface area contributed by atoms with Crippen LogP contribution in [0.5, 0.6) is 0 Å². The summed E-state index contributed by atoms with van der Waals surface area (Å²) in [6, 6.07) is 0.438. The zero-order valence-electron chi connectivity index (χ0n) is 14.6. The second kappa shape index (κ2) is 10.8. The molecule has 0 amide bonds. The summed E-state index contributed by atoms with van der Waals surface area (Å²) in [5.74, 6) is 2.96. The summed E-state index contributed by atoms with van der Waals surface area (Å²) in [5.41, 5.74) is 0. The highest BCUT2D eigenvalue weighted by Crippen LogP contribution is 2.14. The smallest absolute Gasteiger partial charge is 0.191 e. The minimum Gasteiger partial charge on any atom is -0.357 e. The number of guanidine groups is 1. The van der Waals surface area contributed by atoms with Crippen molar-refractivity contribution in [2.75, 3.05) is 6.54 Å². The molecule has 1 atom stereocenters. The van der Waals surface area contributed by atoms with E-state index in [2.05, 4.69) is 51.2 Å². The van der Waals surface area contributed by atoms with Crippen molar-refractivity contribution >= 4 is 29.9 Å². The molecule has 132 valence electrons. The van der Waals surface area contributed by atoms with Crippen molar-refractivity contribution in [2.45, 2.75) is 78.4 Å². The predicted octanol–water partition coefficient (Wildman–Crippen LogP) is 2.87. The number of hydrogen-bond acceptors (Lipinski definition) is 3. The third-order valence-corrected chi connectivity index (χ3v) is 4.03. The molecule has 2 N–H and O–H groups in total.